The van der Waals surface area contributed by atoms with Gasteiger partial charge in [0.1, 0.15) is 0 Å². The van der Waals surface area contributed by atoms with Crippen LogP contribution in [-0.2, 0) is 9.59 Å². The van der Waals surface area contributed by atoms with Crippen LogP contribution in [-0.4, -0.2) is 17.0 Å². The number of carbonyl (C=O) groups is 2. The van der Waals surface area contributed by atoms with Crippen molar-refractivity contribution in [2.75, 3.05) is 5.32 Å². The Balaban J connectivity index is 2.86. The number of carboxylic acids is 1. The predicted octanol–water partition coefficient (Wildman–Crippen LogP) is 4.21. The normalized spacial score (nSPS) is 11.2. The number of halogens is 2. The van der Waals surface area contributed by atoms with Gasteiger partial charge in [0, 0.05) is 6.42 Å². The maximum Gasteiger partial charge on any atom is 0.310 e. The topological polar surface area (TPSA) is 66.4 Å². The second kappa shape index (κ2) is 6.95. The fourth-order valence-electron chi connectivity index (χ4n) is 1.98. The summed E-state index contributed by atoms with van der Waals surface area (Å²) in [5.41, 5.74) is -0.662. The summed E-state index contributed by atoms with van der Waals surface area (Å²) < 4.78 is 0. The van der Waals surface area contributed by atoms with Gasteiger partial charge >= 0.3 is 5.97 Å². The molecule has 20 heavy (non-hydrogen) atoms. The summed E-state index contributed by atoms with van der Waals surface area (Å²) in [4.78, 5) is 23.4. The van der Waals surface area contributed by atoms with Gasteiger partial charge in [-0.25, -0.2) is 0 Å². The van der Waals surface area contributed by atoms with Crippen LogP contribution in [0.3, 0.4) is 0 Å². The van der Waals surface area contributed by atoms with E-state index in [0.29, 0.717) is 23.6 Å². The molecule has 110 valence electrons. The van der Waals surface area contributed by atoms with Crippen LogP contribution in [0.2, 0.25) is 10.0 Å². The van der Waals surface area contributed by atoms with Gasteiger partial charge in [0.25, 0.3) is 0 Å². The molecular formula is C14H17Cl2NO3. The van der Waals surface area contributed by atoms with E-state index in [1.807, 2.05) is 0 Å². The fraction of sp³-hybridized carbons (Fsp3) is 0.429. The Morgan fingerprint density at radius 3 is 2.35 bits per heavy atom. The first-order valence-corrected chi connectivity index (χ1v) is 7.09. The second-order valence-corrected chi connectivity index (χ2v) is 5.40. The molecule has 0 radical (unpaired) electrons. The van der Waals surface area contributed by atoms with Crippen molar-refractivity contribution in [3.8, 4) is 0 Å². The van der Waals surface area contributed by atoms with Gasteiger partial charge in [0.15, 0.2) is 0 Å². The van der Waals surface area contributed by atoms with Gasteiger partial charge in [-0.3, -0.25) is 9.59 Å². The van der Waals surface area contributed by atoms with Crippen LogP contribution < -0.4 is 5.32 Å². The quantitative estimate of drug-likeness (QED) is 0.825. The molecule has 2 N–H and O–H groups in total. The first-order valence-electron chi connectivity index (χ1n) is 6.33. The van der Waals surface area contributed by atoms with Crippen LogP contribution in [0.1, 0.15) is 33.1 Å². The van der Waals surface area contributed by atoms with Gasteiger partial charge in [-0.2, -0.15) is 0 Å². The van der Waals surface area contributed by atoms with Gasteiger partial charge in [0.05, 0.1) is 21.1 Å². The minimum atomic E-state index is -1.05. The highest BCUT2D eigenvalue weighted by molar-refractivity contribution is 6.43. The van der Waals surface area contributed by atoms with Gasteiger partial charge < -0.3 is 10.4 Å². The highest BCUT2D eigenvalue weighted by atomic mass is 35.5. The number of nitrogens with one attached hydrogen (secondary N) is 1. The zero-order valence-electron chi connectivity index (χ0n) is 11.4. The highest BCUT2D eigenvalue weighted by Gasteiger charge is 2.37. The van der Waals surface area contributed by atoms with Crippen molar-refractivity contribution in [3.05, 3.63) is 28.2 Å². The smallest absolute Gasteiger partial charge is 0.310 e. The van der Waals surface area contributed by atoms with Crippen LogP contribution >= 0.6 is 23.2 Å². The molecule has 1 amide bonds. The number of amides is 1. The number of rotatable bonds is 6. The van der Waals surface area contributed by atoms with Crippen LogP contribution in [0, 0.1) is 5.41 Å². The lowest BCUT2D eigenvalue weighted by Gasteiger charge is -2.25. The minimum absolute atomic E-state index is 0.0990. The zero-order valence-corrected chi connectivity index (χ0v) is 12.9. The molecule has 0 aromatic heterocycles. The Kier molecular flexibility index (Phi) is 5.84. The third-order valence-corrected chi connectivity index (χ3v) is 4.35. The van der Waals surface area contributed by atoms with E-state index in [1.54, 1.807) is 32.0 Å². The molecular weight excluding hydrogens is 301 g/mol. The van der Waals surface area contributed by atoms with E-state index in [-0.39, 0.29) is 17.4 Å². The van der Waals surface area contributed by atoms with E-state index >= 15 is 0 Å². The molecule has 0 bridgehead atoms. The predicted molar refractivity (Wildman–Crippen MR) is 80.4 cm³/mol. The zero-order chi connectivity index (χ0) is 15.3. The van der Waals surface area contributed by atoms with Gasteiger partial charge in [0.2, 0.25) is 5.91 Å². The van der Waals surface area contributed by atoms with Crippen molar-refractivity contribution in [1.82, 2.24) is 0 Å². The van der Waals surface area contributed by atoms with Crippen molar-refractivity contribution in [2.24, 2.45) is 5.41 Å². The number of aliphatic carboxylic acids is 1. The summed E-state index contributed by atoms with van der Waals surface area (Å²) in [5.74, 6) is -1.35. The van der Waals surface area contributed by atoms with Crippen LogP contribution in [0.5, 0.6) is 0 Å². The lowest BCUT2D eigenvalue weighted by molar-refractivity contribution is -0.151. The van der Waals surface area contributed by atoms with E-state index in [0.717, 1.165) is 0 Å². The maximum atomic E-state index is 12.0. The molecule has 0 fully saturated rings. The third kappa shape index (κ3) is 3.64. The van der Waals surface area contributed by atoms with Crippen molar-refractivity contribution >= 4 is 40.8 Å². The number of hydrogen-bond donors (Lipinski definition) is 2. The minimum Gasteiger partial charge on any atom is -0.481 e. The molecule has 0 spiro atoms. The summed E-state index contributed by atoms with van der Waals surface area (Å²) in [5, 5.41) is 12.5. The number of anilines is 1. The Morgan fingerprint density at radius 1 is 1.25 bits per heavy atom. The van der Waals surface area contributed by atoms with E-state index in [9.17, 15) is 14.7 Å². The average molecular weight is 318 g/mol. The summed E-state index contributed by atoms with van der Waals surface area (Å²) in [6.07, 6.45) is 0.670. The van der Waals surface area contributed by atoms with Crippen LogP contribution in [0.4, 0.5) is 5.69 Å². The number of carboxylic acid groups (broad SMARTS) is 1. The largest absolute Gasteiger partial charge is 0.481 e. The van der Waals surface area contributed by atoms with E-state index in [4.69, 9.17) is 23.2 Å². The van der Waals surface area contributed by atoms with Gasteiger partial charge in [-0.15, -0.1) is 0 Å². The third-order valence-electron chi connectivity index (χ3n) is 3.53. The first kappa shape index (κ1) is 16.8. The number of carbonyl (C=O) groups excluding carboxylic acids is 1. The van der Waals surface area contributed by atoms with Crippen molar-refractivity contribution in [2.45, 2.75) is 33.1 Å². The Hall–Kier alpha value is -1.26. The van der Waals surface area contributed by atoms with Gasteiger partial charge in [-0.05, 0) is 25.0 Å². The van der Waals surface area contributed by atoms with E-state index in [2.05, 4.69) is 5.32 Å². The highest BCUT2D eigenvalue weighted by Crippen LogP contribution is 2.33. The molecule has 6 heteroatoms. The lowest BCUT2D eigenvalue weighted by atomic mass is 9.79. The standard InChI is InChI=1S/C14H17Cl2NO3/c1-3-14(4-2,13(19)20)8-11(18)17-10-7-5-6-9(15)12(10)16/h5-7H,3-4,8H2,1-2H3,(H,17,18)(H,19,20). The van der Waals surface area contributed by atoms with Crippen LogP contribution in [0.25, 0.3) is 0 Å². The first-order chi connectivity index (χ1) is 9.36. The fourth-order valence-corrected chi connectivity index (χ4v) is 2.33. The Morgan fingerprint density at radius 2 is 1.85 bits per heavy atom. The maximum absolute atomic E-state index is 12.0. The van der Waals surface area contributed by atoms with Crippen molar-refractivity contribution in [1.29, 1.82) is 0 Å². The molecule has 0 heterocycles. The average Bonchev–Trinajstić information content (AvgIpc) is 2.41. The molecule has 0 aliphatic rings. The summed E-state index contributed by atoms with van der Waals surface area (Å²) in [7, 11) is 0. The van der Waals surface area contributed by atoms with E-state index in [1.165, 1.54) is 0 Å². The molecule has 0 saturated heterocycles. The summed E-state index contributed by atoms with van der Waals surface area (Å²) in [6, 6.07) is 4.89. The molecule has 0 unspecified atom stereocenters. The monoisotopic (exact) mass is 317 g/mol. The molecule has 4 nitrogen and oxygen atoms in total. The molecule has 1 rings (SSSR count). The SMILES string of the molecule is CCC(CC)(CC(=O)Nc1cccc(Cl)c1Cl)C(=O)O. The Bertz CT molecular complexity index is 513. The summed E-state index contributed by atoms with van der Waals surface area (Å²) >= 11 is 11.8. The van der Waals surface area contributed by atoms with Crippen molar-refractivity contribution < 1.29 is 14.7 Å². The molecule has 0 aliphatic heterocycles. The molecule has 0 aliphatic carbocycles. The van der Waals surface area contributed by atoms with E-state index < -0.39 is 11.4 Å². The summed E-state index contributed by atoms with van der Waals surface area (Å²) in [6.45, 7) is 3.52. The molecule has 0 atom stereocenters. The lowest BCUT2D eigenvalue weighted by Crippen LogP contribution is -2.34. The van der Waals surface area contributed by atoms with Crippen LogP contribution in [0.15, 0.2) is 18.2 Å². The Labute approximate surface area is 128 Å². The molecule has 1 aromatic carbocycles. The molecule has 1 aromatic rings. The van der Waals surface area contributed by atoms with Crippen molar-refractivity contribution in [3.63, 3.8) is 0 Å². The number of hydrogen-bond acceptors (Lipinski definition) is 2. The molecule has 0 saturated carbocycles. The van der Waals surface area contributed by atoms with Gasteiger partial charge in [-0.1, -0.05) is 43.1 Å². The number of benzene rings is 1. The second-order valence-electron chi connectivity index (χ2n) is 4.62.